The van der Waals surface area contributed by atoms with Gasteiger partial charge in [-0.15, -0.1) is 0 Å². The van der Waals surface area contributed by atoms with Crippen LogP contribution in [-0.2, 0) is 27.8 Å². The zero-order chi connectivity index (χ0) is 13.2. The number of aromatic amines is 1. The maximum atomic E-state index is 11.9. The molecule has 0 unspecified atom stereocenters. The highest BCUT2D eigenvalue weighted by Crippen LogP contribution is 2.16. The number of hydrogen-bond acceptors (Lipinski definition) is 4. The highest BCUT2D eigenvalue weighted by molar-refractivity contribution is 7.88. The van der Waals surface area contributed by atoms with Gasteiger partial charge in [-0.05, 0) is 0 Å². The molecule has 1 aliphatic rings. The molecule has 2 rings (SSSR count). The van der Waals surface area contributed by atoms with E-state index in [1.165, 1.54) is 0 Å². The molecule has 0 fully saturated rings. The van der Waals surface area contributed by atoms with E-state index < -0.39 is 10.0 Å². The molecule has 7 nitrogen and oxygen atoms in total. The predicted octanol–water partition coefficient (Wildman–Crippen LogP) is -0.766. The van der Waals surface area contributed by atoms with E-state index in [-0.39, 0.29) is 18.9 Å². The Kier molecular flexibility index (Phi) is 3.67. The molecule has 0 aromatic carbocycles. The summed E-state index contributed by atoms with van der Waals surface area (Å²) in [5, 5.41) is 6.84. The third-order valence-corrected chi connectivity index (χ3v) is 3.58. The van der Waals surface area contributed by atoms with Gasteiger partial charge in [-0.25, -0.2) is 13.1 Å². The van der Waals surface area contributed by atoms with E-state index in [1.807, 2.05) is 0 Å². The number of carbonyl (C=O) groups excluding carboxylic acids is 1. The second-order valence-corrected chi connectivity index (χ2v) is 6.19. The second kappa shape index (κ2) is 5.07. The van der Waals surface area contributed by atoms with Crippen molar-refractivity contribution < 1.29 is 13.2 Å². The van der Waals surface area contributed by atoms with Crippen molar-refractivity contribution in [3.63, 3.8) is 0 Å². The first-order valence-electron chi connectivity index (χ1n) is 5.69. The van der Waals surface area contributed by atoms with E-state index in [2.05, 4.69) is 14.9 Å². The molecule has 2 N–H and O–H groups in total. The normalized spacial score (nSPS) is 15.5. The number of amides is 1. The van der Waals surface area contributed by atoms with Gasteiger partial charge in [0.05, 0.1) is 12.5 Å². The molecule has 8 heteroatoms. The van der Waals surface area contributed by atoms with E-state index in [0.29, 0.717) is 13.1 Å². The lowest BCUT2D eigenvalue weighted by molar-refractivity contribution is -0.131. The number of aromatic nitrogens is 2. The van der Waals surface area contributed by atoms with Crippen LogP contribution < -0.4 is 4.72 Å². The summed E-state index contributed by atoms with van der Waals surface area (Å²) >= 11 is 0. The van der Waals surface area contributed by atoms with Gasteiger partial charge in [-0.3, -0.25) is 9.89 Å². The maximum absolute atomic E-state index is 11.9. The minimum atomic E-state index is -3.23. The number of H-pyrrole nitrogens is 1. The molecular weight excluding hydrogens is 256 g/mol. The molecule has 0 atom stereocenters. The number of rotatable bonds is 4. The lowest BCUT2D eigenvalue weighted by Gasteiger charge is -2.26. The van der Waals surface area contributed by atoms with Gasteiger partial charge in [0.15, 0.2) is 0 Å². The van der Waals surface area contributed by atoms with Crippen LogP contribution in [-0.4, -0.2) is 48.8 Å². The molecular formula is C10H16N4O3S. The minimum absolute atomic E-state index is 0.0435. The summed E-state index contributed by atoms with van der Waals surface area (Å²) in [5.41, 5.74) is 2.11. The third kappa shape index (κ3) is 3.30. The molecule has 2 heterocycles. The van der Waals surface area contributed by atoms with Gasteiger partial charge in [0, 0.05) is 43.7 Å². The first-order chi connectivity index (χ1) is 8.46. The summed E-state index contributed by atoms with van der Waals surface area (Å²) < 4.78 is 24.1. The monoisotopic (exact) mass is 272 g/mol. The van der Waals surface area contributed by atoms with Crippen molar-refractivity contribution in [2.24, 2.45) is 0 Å². The number of carbonyl (C=O) groups is 1. The SMILES string of the molecule is CS(=O)(=O)NCCC(=O)N1CCc2[nH]ncc2C1. The van der Waals surface area contributed by atoms with E-state index in [1.54, 1.807) is 11.1 Å². The van der Waals surface area contributed by atoms with Gasteiger partial charge >= 0.3 is 0 Å². The Hall–Kier alpha value is -1.41. The molecule has 0 spiro atoms. The molecule has 1 aromatic rings. The Bertz CT molecular complexity index is 537. The van der Waals surface area contributed by atoms with E-state index in [4.69, 9.17) is 0 Å². The first-order valence-corrected chi connectivity index (χ1v) is 7.58. The number of fused-ring (bicyclic) bond motifs is 1. The van der Waals surface area contributed by atoms with Crippen molar-refractivity contribution in [3.8, 4) is 0 Å². The average molecular weight is 272 g/mol. The minimum Gasteiger partial charge on any atom is -0.338 e. The zero-order valence-electron chi connectivity index (χ0n) is 10.1. The van der Waals surface area contributed by atoms with Crippen molar-refractivity contribution in [1.29, 1.82) is 0 Å². The Balaban J connectivity index is 1.84. The summed E-state index contributed by atoms with van der Waals surface area (Å²) in [6.07, 6.45) is 3.75. The number of nitrogens with zero attached hydrogens (tertiary/aromatic N) is 2. The highest BCUT2D eigenvalue weighted by Gasteiger charge is 2.21. The van der Waals surface area contributed by atoms with Crippen molar-refractivity contribution in [2.45, 2.75) is 19.4 Å². The van der Waals surface area contributed by atoms with Gasteiger partial charge in [-0.2, -0.15) is 5.10 Å². The van der Waals surface area contributed by atoms with Gasteiger partial charge in [0.25, 0.3) is 0 Å². The number of sulfonamides is 1. The van der Waals surface area contributed by atoms with Crippen molar-refractivity contribution >= 4 is 15.9 Å². The van der Waals surface area contributed by atoms with Crippen LogP contribution in [0, 0.1) is 0 Å². The van der Waals surface area contributed by atoms with Gasteiger partial charge in [0.1, 0.15) is 0 Å². The predicted molar refractivity (Wildman–Crippen MR) is 65.2 cm³/mol. The van der Waals surface area contributed by atoms with Crippen LogP contribution in [0.25, 0.3) is 0 Å². The quantitative estimate of drug-likeness (QED) is 0.752. The van der Waals surface area contributed by atoms with Crippen molar-refractivity contribution in [1.82, 2.24) is 19.8 Å². The second-order valence-electron chi connectivity index (χ2n) is 4.36. The largest absolute Gasteiger partial charge is 0.338 e. The van der Waals surface area contributed by atoms with E-state index in [9.17, 15) is 13.2 Å². The zero-order valence-corrected chi connectivity index (χ0v) is 11.0. The van der Waals surface area contributed by atoms with Crippen LogP contribution in [0.3, 0.4) is 0 Å². The molecule has 1 aromatic heterocycles. The lowest BCUT2D eigenvalue weighted by Crippen LogP contribution is -2.37. The Morgan fingerprint density at radius 2 is 2.39 bits per heavy atom. The summed E-state index contributed by atoms with van der Waals surface area (Å²) in [5.74, 6) is -0.0435. The molecule has 0 saturated heterocycles. The summed E-state index contributed by atoms with van der Waals surface area (Å²) in [4.78, 5) is 13.6. The first kappa shape index (κ1) is 13.0. The van der Waals surface area contributed by atoms with Crippen LogP contribution in [0.15, 0.2) is 6.20 Å². The van der Waals surface area contributed by atoms with Gasteiger partial charge < -0.3 is 4.90 Å². The van der Waals surface area contributed by atoms with Crippen molar-refractivity contribution in [2.75, 3.05) is 19.3 Å². The lowest BCUT2D eigenvalue weighted by atomic mass is 10.1. The average Bonchev–Trinajstić information content (AvgIpc) is 2.73. The molecule has 100 valence electrons. The molecule has 1 amide bonds. The Morgan fingerprint density at radius 1 is 1.61 bits per heavy atom. The summed E-state index contributed by atoms with van der Waals surface area (Å²) in [6, 6.07) is 0. The van der Waals surface area contributed by atoms with Crippen LogP contribution in [0.4, 0.5) is 0 Å². The number of nitrogens with one attached hydrogen (secondary N) is 2. The fourth-order valence-electron chi connectivity index (χ4n) is 1.94. The highest BCUT2D eigenvalue weighted by atomic mass is 32.2. The molecule has 0 radical (unpaired) electrons. The molecule has 18 heavy (non-hydrogen) atoms. The summed E-state index contributed by atoms with van der Waals surface area (Å²) in [7, 11) is -3.23. The maximum Gasteiger partial charge on any atom is 0.224 e. The van der Waals surface area contributed by atoms with Gasteiger partial charge in [-0.1, -0.05) is 0 Å². The standard InChI is InChI=1S/C10H16N4O3S/c1-18(16,17)12-4-2-10(15)14-5-3-9-8(7-14)6-11-13-9/h6,12H,2-5,7H2,1H3,(H,11,13). The Labute approximate surface area is 106 Å². The number of hydrogen-bond donors (Lipinski definition) is 2. The summed E-state index contributed by atoms with van der Waals surface area (Å²) in [6.45, 7) is 1.34. The van der Waals surface area contributed by atoms with Crippen LogP contribution >= 0.6 is 0 Å². The fourth-order valence-corrected chi connectivity index (χ4v) is 2.41. The third-order valence-electron chi connectivity index (χ3n) is 2.86. The molecule has 0 saturated carbocycles. The van der Waals surface area contributed by atoms with E-state index in [0.717, 1.165) is 23.9 Å². The topological polar surface area (TPSA) is 95.2 Å². The fraction of sp³-hybridized carbons (Fsp3) is 0.600. The van der Waals surface area contributed by atoms with Gasteiger partial charge in [0.2, 0.25) is 15.9 Å². The molecule has 0 aliphatic carbocycles. The molecule has 0 bridgehead atoms. The smallest absolute Gasteiger partial charge is 0.224 e. The van der Waals surface area contributed by atoms with Crippen LogP contribution in [0.5, 0.6) is 0 Å². The Morgan fingerprint density at radius 3 is 3.11 bits per heavy atom. The van der Waals surface area contributed by atoms with Crippen LogP contribution in [0.2, 0.25) is 0 Å². The van der Waals surface area contributed by atoms with Crippen molar-refractivity contribution in [3.05, 3.63) is 17.5 Å². The van der Waals surface area contributed by atoms with E-state index >= 15 is 0 Å². The molecule has 1 aliphatic heterocycles. The van der Waals surface area contributed by atoms with Crippen LogP contribution in [0.1, 0.15) is 17.7 Å².